The Morgan fingerprint density at radius 1 is 1.37 bits per heavy atom. The van der Waals surface area contributed by atoms with Crippen LogP contribution in [0.15, 0.2) is 12.4 Å². The van der Waals surface area contributed by atoms with Crippen LogP contribution in [0.1, 0.15) is 51.9 Å². The van der Waals surface area contributed by atoms with Crippen molar-refractivity contribution < 1.29 is 0 Å². The Labute approximate surface area is 117 Å². The van der Waals surface area contributed by atoms with Crippen LogP contribution in [0.4, 0.5) is 0 Å². The highest BCUT2D eigenvalue weighted by Crippen LogP contribution is 2.32. The fraction of sp³-hybridized carbons (Fsp3) is 0.800. The van der Waals surface area contributed by atoms with Crippen molar-refractivity contribution in [2.75, 3.05) is 20.1 Å². The van der Waals surface area contributed by atoms with Crippen LogP contribution < -0.4 is 5.32 Å². The fourth-order valence-electron chi connectivity index (χ4n) is 3.29. The molecule has 0 saturated carbocycles. The SMILES string of the molecule is CCCn1ccnc1C(NC)C(C)(C)N1CCCC1. The molecule has 0 aromatic carbocycles. The summed E-state index contributed by atoms with van der Waals surface area (Å²) in [6.45, 7) is 10.3. The molecule has 2 heterocycles. The third kappa shape index (κ3) is 2.84. The predicted molar refractivity (Wildman–Crippen MR) is 79.2 cm³/mol. The van der Waals surface area contributed by atoms with Crippen molar-refractivity contribution in [3.05, 3.63) is 18.2 Å². The predicted octanol–water partition coefficient (Wildman–Crippen LogP) is 2.43. The Morgan fingerprint density at radius 2 is 2.05 bits per heavy atom. The molecule has 2 rings (SSSR count). The molecule has 0 spiro atoms. The van der Waals surface area contributed by atoms with E-state index in [4.69, 9.17) is 0 Å². The summed E-state index contributed by atoms with van der Waals surface area (Å²) < 4.78 is 2.29. The monoisotopic (exact) mass is 264 g/mol. The Kier molecular flexibility index (Phi) is 4.63. The van der Waals surface area contributed by atoms with E-state index in [0.29, 0.717) is 0 Å². The maximum Gasteiger partial charge on any atom is 0.127 e. The molecule has 1 aliphatic heterocycles. The molecule has 1 N–H and O–H groups in total. The number of rotatable bonds is 6. The second-order valence-corrected chi connectivity index (χ2v) is 6.05. The largest absolute Gasteiger partial charge is 0.334 e. The maximum absolute atomic E-state index is 4.62. The van der Waals surface area contributed by atoms with Gasteiger partial charge in [0, 0.05) is 24.5 Å². The molecule has 0 bridgehead atoms. The van der Waals surface area contributed by atoms with Crippen LogP contribution in [0.25, 0.3) is 0 Å². The summed E-state index contributed by atoms with van der Waals surface area (Å²) in [4.78, 5) is 7.21. The molecular formula is C15H28N4. The Morgan fingerprint density at radius 3 is 2.63 bits per heavy atom. The molecule has 1 unspecified atom stereocenters. The Hall–Kier alpha value is -0.870. The van der Waals surface area contributed by atoms with Crippen LogP contribution >= 0.6 is 0 Å². The minimum Gasteiger partial charge on any atom is -0.334 e. The van der Waals surface area contributed by atoms with E-state index in [1.165, 1.54) is 31.8 Å². The normalized spacial score (nSPS) is 18.9. The number of nitrogens with zero attached hydrogens (tertiary/aromatic N) is 3. The van der Waals surface area contributed by atoms with Gasteiger partial charge in [-0.25, -0.2) is 4.98 Å². The van der Waals surface area contributed by atoms with Crippen LogP contribution in [0, 0.1) is 0 Å². The van der Waals surface area contributed by atoms with Gasteiger partial charge in [-0.05, 0) is 53.2 Å². The molecule has 19 heavy (non-hydrogen) atoms. The summed E-state index contributed by atoms with van der Waals surface area (Å²) in [5, 5.41) is 3.50. The third-order valence-corrected chi connectivity index (χ3v) is 4.39. The Balaban J connectivity index is 2.24. The number of nitrogens with one attached hydrogen (secondary N) is 1. The molecule has 0 radical (unpaired) electrons. The molecule has 0 aliphatic carbocycles. The first-order chi connectivity index (χ1) is 9.11. The zero-order valence-corrected chi connectivity index (χ0v) is 12.8. The minimum absolute atomic E-state index is 0.0993. The highest BCUT2D eigenvalue weighted by molar-refractivity contribution is 5.09. The lowest BCUT2D eigenvalue weighted by Gasteiger charge is -2.41. The van der Waals surface area contributed by atoms with E-state index in [0.717, 1.165) is 13.0 Å². The summed E-state index contributed by atoms with van der Waals surface area (Å²) in [5.74, 6) is 1.17. The molecule has 4 heteroatoms. The fourth-order valence-corrected chi connectivity index (χ4v) is 3.29. The van der Waals surface area contributed by atoms with Gasteiger partial charge in [0.05, 0.1) is 6.04 Å². The van der Waals surface area contributed by atoms with Crippen molar-refractivity contribution in [1.29, 1.82) is 0 Å². The van der Waals surface area contributed by atoms with E-state index < -0.39 is 0 Å². The second-order valence-electron chi connectivity index (χ2n) is 6.05. The van der Waals surface area contributed by atoms with E-state index in [1.54, 1.807) is 0 Å². The van der Waals surface area contributed by atoms with Crippen molar-refractivity contribution in [3.8, 4) is 0 Å². The molecule has 0 amide bonds. The zero-order chi connectivity index (χ0) is 13.9. The molecule has 1 aliphatic rings. The van der Waals surface area contributed by atoms with Crippen molar-refractivity contribution >= 4 is 0 Å². The summed E-state index contributed by atoms with van der Waals surface area (Å²) >= 11 is 0. The highest BCUT2D eigenvalue weighted by atomic mass is 15.3. The Bertz CT molecular complexity index is 391. The van der Waals surface area contributed by atoms with Gasteiger partial charge < -0.3 is 9.88 Å². The third-order valence-electron chi connectivity index (χ3n) is 4.39. The van der Waals surface area contributed by atoms with E-state index in [9.17, 15) is 0 Å². The van der Waals surface area contributed by atoms with Crippen molar-refractivity contribution in [3.63, 3.8) is 0 Å². The molecule has 1 aromatic heterocycles. The van der Waals surface area contributed by atoms with Gasteiger partial charge in [-0.3, -0.25) is 4.90 Å². The lowest BCUT2D eigenvalue weighted by molar-refractivity contribution is 0.105. The van der Waals surface area contributed by atoms with Crippen molar-refractivity contribution in [2.24, 2.45) is 0 Å². The van der Waals surface area contributed by atoms with Crippen LogP contribution in [-0.2, 0) is 6.54 Å². The smallest absolute Gasteiger partial charge is 0.127 e. The molecule has 1 fully saturated rings. The summed E-state index contributed by atoms with van der Waals surface area (Å²) in [6.07, 6.45) is 7.81. The van der Waals surface area contributed by atoms with E-state index >= 15 is 0 Å². The second kappa shape index (κ2) is 6.06. The van der Waals surface area contributed by atoms with Gasteiger partial charge in [-0.15, -0.1) is 0 Å². The van der Waals surface area contributed by atoms with Crippen molar-refractivity contribution in [2.45, 2.75) is 58.2 Å². The molecule has 1 atom stereocenters. The van der Waals surface area contributed by atoms with Gasteiger partial charge in [-0.2, -0.15) is 0 Å². The first-order valence-electron chi connectivity index (χ1n) is 7.54. The van der Waals surface area contributed by atoms with Crippen LogP contribution in [0.2, 0.25) is 0 Å². The maximum atomic E-state index is 4.62. The van der Waals surface area contributed by atoms with Gasteiger partial charge in [0.25, 0.3) is 0 Å². The van der Waals surface area contributed by atoms with Gasteiger partial charge in [-0.1, -0.05) is 6.92 Å². The lowest BCUT2D eigenvalue weighted by Crippen LogP contribution is -2.51. The molecule has 108 valence electrons. The van der Waals surface area contributed by atoms with Gasteiger partial charge in [0.1, 0.15) is 5.82 Å². The number of imidazole rings is 1. The summed E-state index contributed by atoms with van der Waals surface area (Å²) in [5.41, 5.74) is 0.0993. The minimum atomic E-state index is 0.0993. The highest BCUT2D eigenvalue weighted by Gasteiger charge is 2.38. The number of likely N-dealkylation sites (tertiary alicyclic amines) is 1. The number of hydrogen-bond acceptors (Lipinski definition) is 3. The summed E-state index contributed by atoms with van der Waals surface area (Å²) in [6, 6.07) is 0.271. The summed E-state index contributed by atoms with van der Waals surface area (Å²) in [7, 11) is 2.05. The average Bonchev–Trinajstić information content (AvgIpc) is 3.02. The van der Waals surface area contributed by atoms with E-state index in [2.05, 4.69) is 46.7 Å². The topological polar surface area (TPSA) is 33.1 Å². The molecular weight excluding hydrogens is 236 g/mol. The average molecular weight is 264 g/mol. The quantitative estimate of drug-likeness (QED) is 0.856. The van der Waals surface area contributed by atoms with Crippen LogP contribution in [0.3, 0.4) is 0 Å². The molecule has 1 saturated heterocycles. The number of aryl methyl sites for hydroxylation is 1. The van der Waals surface area contributed by atoms with Gasteiger partial charge in [0.15, 0.2) is 0 Å². The number of likely N-dealkylation sites (N-methyl/N-ethyl adjacent to an activating group) is 1. The number of aromatic nitrogens is 2. The molecule has 1 aromatic rings. The van der Waals surface area contributed by atoms with Crippen molar-refractivity contribution in [1.82, 2.24) is 19.8 Å². The standard InChI is InChI=1S/C15H28N4/c1-5-9-18-12-8-17-14(18)13(16-4)15(2,3)19-10-6-7-11-19/h8,12-13,16H,5-7,9-11H2,1-4H3. The van der Waals surface area contributed by atoms with Gasteiger partial charge in [0.2, 0.25) is 0 Å². The van der Waals surface area contributed by atoms with Crippen LogP contribution in [0.5, 0.6) is 0 Å². The van der Waals surface area contributed by atoms with E-state index in [-0.39, 0.29) is 11.6 Å². The molecule has 4 nitrogen and oxygen atoms in total. The lowest BCUT2D eigenvalue weighted by atomic mass is 9.91. The van der Waals surface area contributed by atoms with Gasteiger partial charge >= 0.3 is 0 Å². The van der Waals surface area contributed by atoms with E-state index in [1.807, 2.05) is 13.2 Å². The first kappa shape index (κ1) is 14.5. The zero-order valence-electron chi connectivity index (χ0n) is 12.8. The first-order valence-corrected chi connectivity index (χ1v) is 7.54. The van der Waals surface area contributed by atoms with Crippen LogP contribution in [-0.4, -0.2) is 40.1 Å². The number of hydrogen-bond donors (Lipinski definition) is 1.